The van der Waals surface area contributed by atoms with Crippen molar-refractivity contribution >= 4 is 0 Å². The fraction of sp³-hybridized carbons (Fsp3) is 1.00. The summed E-state index contributed by atoms with van der Waals surface area (Å²) in [5.74, 6) is 0. The van der Waals surface area contributed by atoms with E-state index in [-0.39, 0.29) is 12.1 Å². The Labute approximate surface area is 175 Å². The van der Waals surface area contributed by atoms with Crippen molar-refractivity contribution in [3.05, 3.63) is 0 Å². The summed E-state index contributed by atoms with van der Waals surface area (Å²) in [5, 5.41) is 20.5. The van der Waals surface area contributed by atoms with Gasteiger partial charge in [-0.15, -0.1) is 0 Å². The van der Waals surface area contributed by atoms with Gasteiger partial charge < -0.3 is 21.7 Å². The van der Waals surface area contributed by atoms with Gasteiger partial charge in [-0.25, -0.2) is 0 Å². The maximum atomic E-state index is 10.2. The Morgan fingerprint density at radius 2 is 0.750 bits per heavy atom. The van der Waals surface area contributed by atoms with Gasteiger partial charge in [0.1, 0.15) is 0 Å². The number of hydrogen-bond acceptors (Lipinski definition) is 4. The first-order valence-corrected chi connectivity index (χ1v) is 12.4. The summed E-state index contributed by atoms with van der Waals surface area (Å²) >= 11 is 0. The van der Waals surface area contributed by atoms with Crippen LogP contribution in [0.1, 0.15) is 129 Å². The minimum Gasteiger partial charge on any atom is -0.392 e. The quantitative estimate of drug-likeness (QED) is 0.193. The van der Waals surface area contributed by atoms with Crippen molar-refractivity contribution < 1.29 is 10.2 Å². The van der Waals surface area contributed by atoms with E-state index in [0.717, 1.165) is 25.7 Å². The largest absolute Gasteiger partial charge is 0.392 e. The van der Waals surface area contributed by atoms with Crippen LogP contribution in [0.3, 0.4) is 0 Å². The van der Waals surface area contributed by atoms with E-state index in [4.69, 9.17) is 11.5 Å². The summed E-state index contributed by atoms with van der Waals surface area (Å²) in [5.41, 5.74) is 12.3. The average Bonchev–Trinajstić information content (AvgIpc) is 2.69. The minimum atomic E-state index is -0.442. The Kier molecular flexibility index (Phi) is 20.0. The molecule has 4 atom stereocenters. The Balaban J connectivity index is 3.66. The van der Waals surface area contributed by atoms with E-state index in [1.807, 2.05) is 0 Å². The highest BCUT2D eigenvalue weighted by Gasteiger charge is 2.19. The van der Waals surface area contributed by atoms with Crippen molar-refractivity contribution in [2.24, 2.45) is 11.5 Å². The molecule has 0 radical (unpaired) electrons. The molecule has 0 aromatic heterocycles. The van der Waals surface area contributed by atoms with Gasteiger partial charge >= 0.3 is 0 Å². The highest BCUT2D eigenvalue weighted by molar-refractivity contribution is 4.78. The Morgan fingerprint density at radius 3 is 1.07 bits per heavy atom. The smallest absolute Gasteiger partial charge is 0.0691 e. The molecule has 0 aliphatic heterocycles. The Morgan fingerprint density at radius 1 is 0.464 bits per heavy atom. The Hall–Kier alpha value is -0.160. The first kappa shape index (κ1) is 27.8. The lowest BCUT2D eigenvalue weighted by Crippen LogP contribution is -2.39. The third-order valence-electron chi connectivity index (χ3n) is 6.03. The molecule has 0 aliphatic rings. The molecular weight excluding hydrogens is 348 g/mol. The second kappa shape index (κ2) is 20.1. The lowest BCUT2D eigenvalue weighted by molar-refractivity contribution is 0.107. The fourth-order valence-electron chi connectivity index (χ4n) is 3.82. The van der Waals surface area contributed by atoms with Crippen LogP contribution in [0.2, 0.25) is 0 Å². The molecule has 0 heterocycles. The van der Waals surface area contributed by atoms with E-state index >= 15 is 0 Å². The molecule has 0 aliphatic carbocycles. The van der Waals surface area contributed by atoms with Crippen molar-refractivity contribution in [3.8, 4) is 0 Å². The second-order valence-electron chi connectivity index (χ2n) is 8.86. The van der Waals surface area contributed by atoms with E-state index in [1.54, 1.807) is 0 Å². The summed E-state index contributed by atoms with van der Waals surface area (Å²) in [7, 11) is 0. The van der Waals surface area contributed by atoms with Gasteiger partial charge in [-0.1, -0.05) is 104 Å². The van der Waals surface area contributed by atoms with Crippen LogP contribution < -0.4 is 11.5 Å². The van der Waals surface area contributed by atoms with Gasteiger partial charge in [0.2, 0.25) is 0 Å². The molecule has 0 aromatic carbocycles. The Bertz CT molecular complexity index is 285. The van der Waals surface area contributed by atoms with Crippen molar-refractivity contribution in [2.45, 2.75) is 154 Å². The van der Waals surface area contributed by atoms with Gasteiger partial charge in [-0.3, -0.25) is 0 Å². The summed E-state index contributed by atoms with van der Waals surface area (Å²) in [6, 6.07) is -0.450. The lowest BCUT2D eigenvalue weighted by Gasteiger charge is -2.23. The predicted octanol–water partition coefficient (Wildman–Crippen LogP) is 5.42. The number of aliphatic hydroxyl groups is 2. The highest BCUT2D eigenvalue weighted by Crippen LogP contribution is 2.15. The SMILES string of the molecule is CCCCCCCCCC(O)C(N)CCC(N)C(O)CCCCCCCCC. The van der Waals surface area contributed by atoms with Gasteiger partial charge in [0.05, 0.1) is 12.2 Å². The number of aliphatic hydroxyl groups excluding tert-OH is 2. The molecule has 170 valence electrons. The lowest BCUT2D eigenvalue weighted by atomic mass is 9.95. The first-order valence-electron chi connectivity index (χ1n) is 12.4. The van der Waals surface area contributed by atoms with E-state index < -0.39 is 12.2 Å². The molecule has 0 bridgehead atoms. The van der Waals surface area contributed by atoms with Gasteiger partial charge in [0.15, 0.2) is 0 Å². The van der Waals surface area contributed by atoms with Gasteiger partial charge in [-0.05, 0) is 25.7 Å². The molecule has 28 heavy (non-hydrogen) atoms. The third kappa shape index (κ3) is 16.8. The minimum absolute atomic E-state index is 0.225. The van der Waals surface area contributed by atoms with Crippen molar-refractivity contribution in [1.29, 1.82) is 0 Å². The molecule has 0 spiro atoms. The monoisotopic (exact) mass is 400 g/mol. The van der Waals surface area contributed by atoms with E-state index in [1.165, 1.54) is 77.0 Å². The van der Waals surface area contributed by atoms with E-state index in [9.17, 15) is 10.2 Å². The molecule has 0 aromatic rings. The average molecular weight is 401 g/mol. The number of unbranched alkanes of at least 4 members (excludes halogenated alkanes) is 12. The topological polar surface area (TPSA) is 92.5 Å². The van der Waals surface area contributed by atoms with Crippen molar-refractivity contribution in [1.82, 2.24) is 0 Å². The number of nitrogens with two attached hydrogens (primary N) is 2. The molecule has 6 N–H and O–H groups in total. The number of rotatable bonds is 21. The maximum absolute atomic E-state index is 10.2. The summed E-state index contributed by atoms with van der Waals surface area (Å²) in [6.07, 6.45) is 19.6. The van der Waals surface area contributed by atoms with Crippen molar-refractivity contribution in [3.63, 3.8) is 0 Å². The normalized spacial score (nSPS) is 16.1. The summed E-state index contributed by atoms with van der Waals surface area (Å²) < 4.78 is 0. The zero-order valence-corrected chi connectivity index (χ0v) is 19.1. The summed E-state index contributed by atoms with van der Waals surface area (Å²) in [6.45, 7) is 4.47. The first-order chi connectivity index (χ1) is 13.5. The molecule has 4 nitrogen and oxygen atoms in total. The molecule has 0 saturated heterocycles. The van der Waals surface area contributed by atoms with Crippen LogP contribution in [0.4, 0.5) is 0 Å². The van der Waals surface area contributed by atoms with Crippen LogP contribution in [0.25, 0.3) is 0 Å². The standard InChI is InChI=1S/C24H52N2O2/c1-3-5-7-9-11-13-15-17-23(27)21(25)19-20-22(26)24(28)18-16-14-12-10-8-6-4-2/h21-24,27-28H,3-20,25-26H2,1-2H3. The second-order valence-corrected chi connectivity index (χ2v) is 8.86. The molecular formula is C24H52N2O2. The molecule has 0 rings (SSSR count). The van der Waals surface area contributed by atoms with Crippen LogP contribution in [0.5, 0.6) is 0 Å². The van der Waals surface area contributed by atoms with Crippen LogP contribution in [0.15, 0.2) is 0 Å². The van der Waals surface area contributed by atoms with Crippen LogP contribution in [-0.4, -0.2) is 34.5 Å². The maximum Gasteiger partial charge on any atom is 0.0691 e. The van der Waals surface area contributed by atoms with Crippen LogP contribution >= 0.6 is 0 Å². The van der Waals surface area contributed by atoms with E-state index in [2.05, 4.69) is 13.8 Å². The summed E-state index contributed by atoms with van der Waals surface area (Å²) in [4.78, 5) is 0. The van der Waals surface area contributed by atoms with Gasteiger partial charge in [-0.2, -0.15) is 0 Å². The molecule has 0 saturated carbocycles. The zero-order valence-electron chi connectivity index (χ0n) is 19.1. The molecule has 0 amide bonds. The molecule has 4 heteroatoms. The van der Waals surface area contributed by atoms with E-state index in [0.29, 0.717) is 12.8 Å². The van der Waals surface area contributed by atoms with Crippen LogP contribution in [0, 0.1) is 0 Å². The fourth-order valence-corrected chi connectivity index (χ4v) is 3.82. The van der Waals surface area contributed by atoms with Crippen LogP contribution in [-0.2, 0) is 0 Å². The van der Waals surface area contributed by atoms with Gasteiger partial charge in [0, 0.05) is 12.1 Å². The van der Waals surface area contributed by atoms with Gasteiger partial charge in [0.25, 0.3) is 0 Å². The number of hydrogen-bond donors (Lipinski definition) is 4. The molecule has 4 unspecified atom stereocenters. The van der Waals surface area contributed by atoms with Crippen molar-refractivity contribution in [2.75, 3.05) is 0 Å². The third-order valence-corrected chi connectivity index (χ3v) is 6.03. The predicted molar refractivity (Wildman–Crippen MR) is 122 cm³/mol. The zero-order chi connectivity index (χ0) is 21.0. The molecule has 0 fully saturated rings. The highest BCUT2D eigenvalue weighted by atomic mass is 16.3.